The maximum Gasteiger partial charge on any atom is 0.337 e. The van der Waals surface area contributed by atoms with Crippen LogP contribution in [0.4, 0.5) is 16.2 Å². The van der Waals surface area contributed by atoms with Crippen LogP contribution in [0.1, 0.15) is 10.4 Å². The number of hydrogen-bond acceptors (Lipinski definition) is 4. The van der Waals surface area contributed by atoms with E-state index in [1.165, 1.54) is 7.11 Å². The van der Waals surface area contributed by atoms with E-state index in [0.29, 0.717) is 42.5 Å². The first-order valence-electron chi connectivity index (χ1n) is 8.31. The van der Waals surface area contributed by atoms with E-state index in [1.54, 1.807) is 35.2 Å². The Bertz CT molecular complexity index is 804. The molecule has 6 nitrogen and oxygen atoms in total. The average molecular weight is 374 g/mol. The zero-order valence-electron chi connectivity index (χ0n) is 14.4. The molecule has 1 fully saturated rings. The van der Waals surface area contributed by atoms with Crippen molar-refractivity contribution in [3.63, 3.8) is 0 Å². The summed E-state index contributed by atoms with van der Waals surface area (Å²) in [6.45, 7) is 2.56. The molecule has 1 N–H and O–H groups in total. The number of urea groups is 1. The molecule has 136 valence electrons. The lowest BCUT2D eigenvalue weighted by Gasteiger charge is -2.36. The summed E-state index contributed by atoms with van der Waals surface area (Å²) in [4.78, 5) is 28.0. The highest BCUT2D eigenvalue weighted by Gasteiger charge is 2.22. The Hall–Kier alpha value is -2.73. The maximum atomic E-state index is 12.4. The molecular weight excluding hydrogens is 354 g/mol. The number of esters is 1. The normalized spacial score (nSPS) is 14.1. The Morgan fingerprint density at radius 3 is 2.46 bits per heavy atom. The van der Waals surface area contributed by atoms with Crippen molar-refractivity contribution in [2.24, 2.45) is 0 Å². The van der Waals surface area contributed by atoms with Gasteiger partial charge in [0.15, 0.2) is 0 Å². The number of piperazine rings is 1. The third kappa shape index (κ3) is 4.26. The van der Waals surface area contributed by atoms with Crippen molar-refractivity contribution in [1.82, 2.24) is 4.90 Å². The largest absolute Gasteiger partial charge is 0.465 e. The topological polar surface area (TPSA) is 61.9 Å². The number of carbonyl (C=O) groups is 2. The quantitative estimate of drug-likeness (QED) is 0.837. The first-order valence-corrected chi connectivity index (χ1v) is 8.69. The summed E-state index contributed by atoms with van der Waals surface area (Å²) in [7, 11) is 1.37. The highest BCUT2D eigenvalue weighted by Crippen LogP contribution is 2.20. The minimum Gasteiger partial charge on any atom is -0.465 e. The van der Waals surface area contributed by atoms with Crippen LogP contribution in [0.15, 0.2) is 48.5 Å². The molecule has 0 saturated carbocycles. The Kier molecular flexibility index (Phi) is 5.63. The minimum absolute atomic E-state index is 0.143. The van der Waals surface area contributed by atoms with Crippen molar-refractivity contribution in [3.05, 3.63) is 59.1 Å². The lowest BCUT2D eigenvalue weighted by molar-refractivity contribution is 0.0600. The van der Waals surface area contributed by atoms with Crippen LogP contribution in [-0.4, -0.2) is 50.2 Å². The zero-order chi connectivity index (χ0) is 18.5. The number of amides is 2. The Balaban J connectivity index is 1.59. The number of benzene rings is 2. The van der Waals surface area contributed by atoms with Crippen molar-refractivity contribution in [3.8, 4) is 0 Å². The molecule has 2 aromatic carbocycles. The van der Waals surface area contributed by atoms with E-state index >= 15 is 0 Å². The number of ether oxygens (including phenoxy) is 1. The van der Waals surface area contributed by atoms with Gasteiger partial charge in [0.05, 0.1) is 12.7 Å². The molecule has 0 bridgehead atoms. The first kappa shape index (κ1) is 18.1. The van der Waals surface area contributed by atoms with Gasteiger partial charge >= 0.3 is 12.0 Å². The molecule has 1 saturated heterocycles. The predicted molar refractivity (Wildman–Crippen MR) is 102 cm³/mol. The lowest BCUT2D eigenvalue weighted by Crippen LogP contribution is -2.50. The van der Waals surface area contributed by atoms with Gasteiger partial charge in [-0.2, -0.15) is 0 Å². The average Bonchev–Trinajstić information content (AvgIpc) is 2.67. The molecule has 0 atom stereocenters. The number of rotatable bonds is 3. The highest BCUT2D eigenvalue weighted by atomic mass is 35.5. The van der Waals surface area contributed by atoms with E-state index < -0.39 is 0 Å². The smallest absolute Gasteiger partial charge is 0.337 e. The second kappa shape index (κ2) is 8.10. The van der Waals surface area contributed by atoms with E-state index in [1.807, 2.05) is 18.2 Å². The van der Waals surface area contributed by atoms with Gasteiger partial charge in [-0.15, -0.1) is 0 Å². The molecule has 3 rings (SSSR count). The fraction of sp³-hybridized carbons (Fsp3) is 0.263. The van der Waals surface area contributed by atoms with Gasteiger partial charge in [-0.05, 0) is 36.4 Å². The van der Waals surface area contributed by atoms with Crippen molar-refractivity contribution >= 4 is 35.0 Å². The second-order valence-corrected chi connectivity index (χ2v) is 6.39. The molecule has 7 heteroatoms. The molecular formula is C19H20ClN3O3. The van der Waals surface area contributed by atoms with E-state index in [0.717, 1.165) is 5.69 Å². The number of halogens is 1. The molecule has 1 heterocycles. The van der Waals surface area contributed by atoms with Gasteiger partial charge in [0.25, 0.3) is 0 Å². The monoisotopic (exact) mass is 373 g/mol. The summed E-state index contributed by atoms with van der Waals surface area (Å²) in [6, 6.07) is 14.3. The molecule has 0 aromatic heterocycles. The summed E-state index contributed by atoms with van der Waals surface area (Å²) in [6.07, 6.45) is 0. The van der Waals surface area contributed by atoms with Gasteiger partial charge in [0, 0.05) is 42.6 Å². The van der Waals surface area contributed by atoms with E-state index in [2.05, 4.69) is 10.2 Å². The van der Waals surface area contributed by atoms with E-state index in [9.17, 15) is 9.59 Å². The Labute approximate surface area is 157 Å². The lowest BCUT2D eigenvalue weighted by atomic mass is 10.1. The predicted octanol–water partition coefficient (Wildman–Crippen LogP) is 3.48. The van der Waals surface area contributed by atoms with Crippen LogP contribution in [0.2, 0.25) is 5.02 Å². The third-order valence-corrected chi connectivity index (χ3v) is 4.51. The summed E-state index contributed by atoms with van der Waals surface area (Å²) in [5.74, 6) is -0.355. The standard InChI is InChI=1S/C19H20ClN3O3/c1-26-18(24)14-4-2-7-17(12-14)22-8-10-23(11-9-22)19(25)21-16-6-3-5-15(20)13-16/h2-7,12-13H,8-11H2,1H3,(H,21,25). The van der Waals surface area contributed by atoms with Crippen LogP contribution in [-0.2, 0) is 4.74 Å². The third-order valence-electron chi connectivity index (χ3n) is 4.28. The van der Waals surface area contributed by atoms with Crippen LogP contribution in [0.5, 0.6) is 0 Å². The molecule has 1 aliphatic rings. The molecule has 26 heavy (non-hydrogen) atoms. The number of nitrogens with zero attached hydrogens (tertiary/aromatic N) is 2. The number of methoxy groups -OCH3 is 1. The fourth-order valence-corrected chi connectivity index (χ4v) is 3.07. The van der Waals surface area contributed by atoms with Crippen molar-refractivity contribution in [2.75, 3.05) is 43.5 Å². The summed E-state index contributed by atoms with van der Waals surface area (Å²) < 4.78 is 4.76. The molecule has 0 unspecified atom stereocenters. The molecule has 0 aliphatic carbocycles. The number of hydrogen-bond donors (Lipinski definition) is 1. The highest BCUT2D eigenvalue weighted by molar-refractivity contribution is 6.30. The SMILES string of the molecule is COC(=O)c1cccc(N2CCN(C(=O)Nc3cccc(Cl)c3)CC2)c1. The summed E-state index contributed by atoms with van der Waals surface area (Å²) >= 11 is 5.94. The Morgan fingerprint density at radius 1 is 1.04 bits per heavy atom. The number of nitrogens with one attached hydrogen (secondary N) is 1. The molecule has 2 amide bonds. The van der Waals surface area contributed by atoms with E-state index in [4.69, 9.17) is 16.3 Å². The fourth-order valence-electron chi connectivity index (χ4n) is 2.88. The van der Waals surface area contributed by atoms with Gasteiger partial charge in [-0.25, -0.2) is 9.59 Å². The van der Waals surface area contributed by atoms with Gasteiger partial charge in [0.2, 0.25) is 0 Å². The van der Waals surface area contributed by atoms with Crippen molar-refractivity contribution in [2.45, 2.75) is 0 Å². The minimum atomic E-state index is -0.355. The van der Waals surface area contributed by atoms with Crippen LogP contribution in [0.25, 0.3) is 0 Å². The van der Waals surface area contributed by atoms with Crippen LogP contribution < -0.4 is 10.2 Å². The summed E-state index contributed by atoms with van der Waals surface area (Å²) in [5.41, 5.74) is 2.14. The van der Waals surface area contributed by atoms with Crippen LogP contribution >= 0.6 is 11.6 Å². The van der Waals surface area contributed by atoms with Crippen molar-refractivity contribution in [1.29, 1.82) is 0 Å². The van der Waals surface area contributed by atoms with Crippen LogP contribution in [0, 0.1) is 0 Å². The Morgan fingerprint density at radius 2 is 1.77 bits per heavy atom. The zero-order valence-corrected chi connectivity index (χ0v) is 15.2. The molecule has 0 radical (unpaired) electrons. The maximum absolute atomic E-state index is 12.4. The van der Waals surface area contributed by atoms with Crippen molar-refractivity contribution < 1.29 is 14.3 Å². The molecule has 2 aromatic rings. The number of anilines is 2. The van der Waals surface area contributed by atoms with Gasteiger partial charge in [-0.1, -0.05) is 23.7 Å². The van der Waals surface area contributed by atoms with Gasteiger partial charge < -0.3 is 19.9 Å². The van der Waals surface area contributed by atoms with E-state index in [-0.39, 0.29) is 12.0 Å². The second-order valence-electron chi connectivity index (χ2n) is 5.96. The summed E-state index contributed by atoms with van der Waals surface area (Å²) in [5, 5.41) is 3.44. The van der Waals surface area contributed by atoms with Gasteiger partial charge in [-0.3, -0.25) is 0 Å². The molecule has 1 aliphatic heterocycles. The van der Waals surface area contributed by atoms with Crippen LogP contribution in [0.3, 0.4) is 0 Å². The number of carbonyl (C=O) groups excluding carboxylic acids is 2. The molecule has 0 spiro atoms. The van der Waals surface area contributed by atoms with Gasteiger partial charge in [0.1, 0.15) is 0 Å². The first-order chi connectivity index (χ1) is 12.6.